The molecule has 0 radical (unpaired) electrons. The lowest BCUT2D eigenvalue weighted by Gasteiger charge is -2.12. The van der Waals surface area contributed by atoms with Gasteiger partial charge in [-0.15, -0.1) is 10.2 Å². The summed E-state index contributed by atoms with van der Waals surface area (Å²) in [6.45, 7) is 6.32. The van der Waals surface area contributed by atoms with Gasteiger partial charge in [0.2, 0.25) is 0 Å². The molecule has 0 spiro atoms. The number of guanidine groups is 1. The Morgan fingerprint density at radius 3 is 2.79 bits per heavy atom. The van der Waals surface area contributed by atoms with Crippen molar-refractivity contribution in [1.82, 2.24) is 30.4 Å². The highest BCUT2D eigenvalue weighted by Gasteiger charge is 2.08. The van der Waals surface area contributed by atoms with Crippen LogP contribution in [0.25, 0.3) is 10.9 Å². The average molecular weight is 414 g/mol. The van der Waals surface area contributed by atoms with Gasteiger partial charge in [0.05, 0.1) is 0 Å². The number of nitrogens with zero attached hydrogens (tertiary/aromatic N) is 4. The molecule has 29 heavy (non-hydrogen) atoms. The third kappa shape index (κ3) is 5.53. The molecule has 156 valence electrons. The van der Waals surface area contributed by atoms with Gasteiger partial charge in [-0.3, -0.25) is 0 Å². The predicted molar refractivity (Wildman–Crippen MR) is 123 cm³/mol. The largest absolute Gasteiger partial charge is 0.361 e. The van der Waals surface area contributed by atoms with E-state index in [1.165, 1.54) is 22.0 Å². The fraction of sp³-hybridized carbons (Fsp3) is 0.476. The zero-order chi connectivity index (χ0) is 20.6. The Labute approximate surface area is 176 Å². The van der Waals surface area contributed by atoms with Crippen LogP contribution in [0.4, 0.5) is 0 Å². The van der Waals surface area contributed by atoms with Crippen molar-refractivity contribution >= 4 is 28.6 Å². The summed E-state index contributed by atoms with van der Waals surface area (Å²) in [5, 5.41) is 16.6. The topological polar surface area (TPSA) is 82.9 Å². The van der Waals surface area contributed by atoms with Gasteiger partial charge >= 0.3 is 0 Å². The van der Waals surface area contributed by atoms with Gasteiger partial charge in [0.15, 0.2) is 11.8 Å². The lowest BCUT2D eigenvalue weighted by Crippen LogP contribution is -2.39. The maximum Gasteiger partial charge on any atom is 0.191 e. The van der Waals surface area contributed by atoms with Gasteiger partial charge in [-0.05, 0) is 55.9 Å². The van der Waals surface area contributed by atoms with Crippen LogP contribution in [0, 0.1) is 13.8 Å². The molecule has 1 aromatic carbocycles. The van der Waals surface area contributed by atoms with E-state index in [0.29, 0.717) is 6.54 Å². The summed E-state index contributed by atoms with van der Waals surface area (Å²) in [7, 11) is 1.97. The number of aryl methyl sites for hydroxylation is 2. The number of hydrogen-bond acceptors (Lipinski definition) is 4. The van der Waals surface area contributed by atoms with Gasteiger partial charge in [-0.2, -0.15) is 11.8 Å². The van der Waals surface area contributed by atoms with E-state index in [9.17, 15) is 0 Å². The summed E-state index contributed by atoms with van der Waals surface area (Å²) < 4.78 is 1.98. The first-order chi connectivity index (χ1) is 14.1. The van der Waals surface area contributed by atoms with E-state index >= 15 is 0 Å². The van der Waals surface area contributed by atoms with E-state index in [4.69, 9.17) is 4.99 Å². The van der Waals surface area contributed by atoms with Gasteiger partial charge in [0, 0.05) is 37.2 Å². The lowest BCUT2D eigenvalue weighted by molar-refractivity contribution is 0.743. The molecule has 0 unspecified atom stereocenters. The lowest BCUT2D eigenvalue weighted by atomic mass is 10.1. The van der Waals surface area contributed by atoms with Crippen molar-refractivity contribution in [2.45, 2.75) is 33.2 Å². The van der Waals surface area contributed by atoms with Crippen molar-refractivity contribution in [2.24, 2.45) is 12.0 Å². The highest BCUT2D eigenvalue weighted by Crippen LogP contribution is 2.22. The molecule has 0 saturated carbocycles. The Hall–Kier alpha value is -2.48. The van der Waals surface area contributed by atoms with Crippen LogP contribution in [0.3, 0.4) is 0 Å². The van der Waals surface area contributed by atoms with Crippen LogP contribution in [0.5, 0.6) is 0 Å². The number of benzene rings is 1. The van der Waals surface area contributed by atoms with Crippen LogP contribution in [0.1, 0.15) is 29.2 Å². The summed E-state index contributed by atoms with van der Waals surface area (Å²) in [5.74, 6) is 3.72. The van der Waals surface area contributed by atoms with Gasteiger partial charge in [0.1, 0.15) is 12.4 Å². The van der Waals surface area contributed by atoms with Crippen molar-refractivity contribution in [3.63, 3.8) is 0 Å². The molecule has 0 aliphatic rings. The highest BCUT2D eigenvalue weighted by atomic mass is 32.2. The zero-order valence-corrected chi connectivity index (χ0v) is 18.6. The standard InChI is InChI=1S/C21H31N7S/c1-15-7-5-8-18-20(15)17(13-24-18)9-11-23-21(22-10-6-12-29-4)25-14-19-27-26-16(2)28(19)3/h5,7-8,13,24H,6,9-12,14H2,1-4H3,(H2,22,23,25). The second-order valence-electron chi connectivity index (χ2n) is 7.15. The van der Waals surface area contributed by atoms with E-state index in [1.54, 1.807) is 0 Å². The van der Waals surface area contributed by atoms with Gasteiger partial charge in [-0.25, -0.2) is 4.99 Å². The molecule has 0 atom stereocenters. The van der Waals surface area contributed by atoms with Crippen LogP contribution in [-0.4, -0.2) is 50.8 Å². The van der Waals surface area contributed by atoms with E-state index in [2.05, 4.69) is 63.4 Å². The number of aromatic amines is 1. The van der Waals surface area contributed by atoms with Crippen LogP contribution in [0.15, 0.2) is 29.4 Å². The molecule has 2 aromatic heterocycles. The summed E-state index contributed by atoms with van der Waals surface area (Å²) in [6, 6.07) is 6.38. The summed E-state index contributed by atoms with van der Waals surface area (Å²) in [6.07, 6.45) is 6.28. The van der Waals surface area contributed by atoms with Gasteiger partial charge < -0.3 is 20.2 Å². The molecule has 3 rings (SSSR count). The monoisotopic (exact) mass is 413 g/mol. The molecule has 0 amide bonds. The Kier molecular flexibility index (Phi) is 7.57. The molecule has 7 nitrogen and oxygen atoms in total. The average Bonchev–Trinajstić information content (AvgIpc) is 3.27. The predicted octanol–water partition coefficient (Wildman–Crippen LogP) is 2.94. The minimum absolute atomic E-state index is 0.501. The van der Waals surface area contributed by atoms with Crippen molar-refractivity contribution in [3.8, 4) is 0 Å². The second kappa shape index (κ2) is 10.3. The number of H-pyrrole nitrogens is 1. The Bertz CT molecular complexity index is 957. The number of fused-ring (bicyclic) bond motifs is 1. The van der Waals surface area contributed by atoms with Crippen molar-refractivity contribution in [2.75, 3.05) is 25.1 Å². The summed E-state index contributed by atoms with van der Waals surface area (Å²) in [4.78, 5) is 8.10. The first-order valence-electron chi connectivity index (χ1n) is 10.0. The maximum atomic E-state index is 4.72. The molecule has 0 aliphatic heterocycles. The van der Waals surface area contributed by atoms with E-state index < -0.39 is 0 Å². The zero-order valence-electron chi connectivity index (χ0n) is 17.7. The quantitative estimate of drug-likeness (QED) is 0.285. The van der Waals surface area contributed by atoms with Crippen LogP contribution < -0.4 is 10.6 Å². The van der Waals surface area contributed by atoms with Crippen LogP contribution >= 0.6 is 11.8 Å². The number of aliphatic imine (C=N–C) groups is 1. The van der Waals surface area contributed by atoms with E-state index in [0.717, 1.165) is 49.3 Å². The first-order valence-corrected chi connectivity index (χ1v) is 11.4. The van der Waals surface area contributed by atoms with Crippen molar-refractivity contribution in [1.29, 1.82) is 0 Å². The van der Waals surface area contributed by atoms with Crippen molar-refractivity contribution < 1.29 is 0 Å². The van der Waals surface area contributed by atoms with E-state index in [1.807, 2.05) is 30.3 Å². The Morgan fingerprint density at radius 1 is 1.21 bits per heavy atom. The minimum Gasteiger partial charge on any atom is -0.361 e. The molecule has 8 heteroatoms. The third-order valence-corrected chi connectivity index (χ3v) is 5.76. The molecular formula is C21H31N7S. The maximum absolute atomic E-state index is 4.72. The molecule has 2 heterocycles. The molecule has 0 saturated heterocycles. The van der Waals surface area contributed by atoms with E-state index in [-0.39, 0.29) is 0 Å². The molecule has 0 aliphatic carbocycles. The number of aromatic nitrogens is 4. The molecule has 3 N–H and O–H groups in total. The molecule has 0 fully saturated rings. The van der Waals surface area contributed by atoms with Gasteiger partial charge in [0.25, 0.3) is 0 Å². The molecule has 0 bridgehead atoms. The fourth-order valence-corrected chi connectivity index (χ4v) is 3.73. The molecule has 3 aromatic rings. The Balaban J connectivity index is 1.62. The van der Waals surface area contributed by atoms with Crippen LogP contribution in [0.2, 0.25) is 0 Å². The number of thioether (sulfide) groups is 1. The Morgan fingerprint density at radius 2 is 2.03 bits per heavy atom. The summed E-state index contributed by atoms with van der Waals surface area (Å²) in [5.41, 5.74) is 3.83. The molecular weight excluding hydrogens is 382 g/mol. The third-order valence-electron chi connectivity index (χ3n) is 5.06. The second-order valence-corrected chi connectivity index (χ2v) is 8.13. The normalized spacial score (nSPS) is 11.9. The minimum atomic E-state index is 0.501. The SMILES string of the molecule is CSCCCNC(=NCc1nnc(C)n1C)NCCc1c[nH]c2cccc(C)c12. The highest BCUT2D eigenvalue weighted by molar-refractivity contribution is 7.98. The number of nitrogens with one attached hydrogen (secondary N) is 3. The summed E-state index contributed by atoms with van der Waals surface area (Å²) >= 11 is 1.86. The first kappa shape index (κ1) is 21.2. The number of rotatable bonds is 9. The smallest absolute Gasteiger partial charge is 0.191 e. The van der Waals surface area contributed by atoms with Gasteiger partial charge in [-0.1, -0.05) is 12.1 Å². The number of hydrogen-bond donors (Lipinski definition) is 3. The van der Waals surface area contributed by atoms with Crippen LogP contribution in [-0.2, 0) is 20.0 Å². The van der Waals surface area contributed by atoms with Crippen molar-refractivity contribution in [3.05, 3.63) is 47.2 Å². The fourth-order valence-electron chi connectivity index (χ4n) is 3.30.